The van der Waals surface area contributed by atoms with Crippen molar-refractivity contribution in [2.45, 2.75) is 45.3 Å². The van der Waals surface area contributed by atoms with E-state index in [1.165, 1.54) is 12.1 Å². The molecule has 7 nitrogen and oxygen atoms in total. The first-order chi connectivity index (χ1) is 15.0. The lowest BCUT2D eigenvalue weighted by atomic mass is 10.1. The van der Waals surface area contributed by atoms with Crippen LogP contribution in [-0.2, 0) is 11.2 Å². The van der Waals surface area contributed by atoms with Crippen LogP contribution >= 0.6 is 0 Å². The van der Waals surface area contributed by atoms with E-state index in [2.05, 4.69) is 39.5 Å². The second-order valence-electron chi connectivity index (χ2n) is 8.16. The van der Waals surface area contributed by atoms with Gasteiger partial charge >= 0.3 is 0 Å². The molecule has 0 amide bonds. The zero-order valence-corrected chi connectivity index (χ0v) is 18.9. The molecule has 1 fully saturated rings. The fourth-order valence-electron chi connectivity index (χ4n) is 3.65. The van der Waals surface area contributed by atoms with Gasteiger partial charge in [0, 0.05) is 51.9 Å². The summed E-state index contributed by atoms with van der Waals surface area (Å²) >= 11 is 0. The summed E-state index contributed by atoms with van der Waals surface area (Å²) in [5.74, 6) is 0.588. The highest BCUT2D eigenvalue weighted by atomic mass is 19.1. The van der Waals surface area contributed by atoms with Crippen LogP contribution in [0.1, 0.15) is 32.4 Å². The number of guanidine groups is 1. The highest BCUT2D eigenvalue weighted by molar-refractivity contribution is 5.79. The summed E-state index contributed by atoms with van der Waals surface area (Å²) in [7, 11) is 1.80. The normalized spacial score (nSPS) is 16.1. The molecule has 1 aromatic carbocycles. The van der Waals surface area contributed by atoms with E-state index in [0.29, 0.717) is 12.1 Å². The molecule has 8 heteroatoms. The Hall–Kier alpha value is -2.45. The van der Waals surface area contributed by atoms with Crippen LogP contribution in [0.4, 0.5) is 4.39 Å². The SMILES string of the molecule is CN=C(NCCc1ccn(-c2ccc(F)cc2)n1)NC1CCN(CCOC(C)C)CC1. The summed E-state index contributed by atoms with van der Waals surface area (Å²) in [6.45, 7) is 8.86. The van der Waals surface area contributed by atoms with Gasteiger partial charge in [-0.2, -0.15) is 5.10 Å². The third-order valence-corrected chi connectivity index (χ3v) is 5.42. The number of likely N-dealkylation sites (tertiary alicyclic amines) is 1. The Balaban J connectivity index is 1.36. The molecule has 31 heavy (non-hydrogen) atoms. The third kappa shape index (κ3) is 7.63. The minimum absolute atomic E-state index is 0.245. The predicted octanol–water partition coefficient (Wildman–Crippen LogP) is 2.61. The molecule has 1 aromatic heterocycles. The standard InChI is InChI=1S/C23H35FN6O/c1-18(2)31-17-16-29-13-9-20(10-14-29)27-23(25-3)26-12-8-21-11-15-30(28-21)22-6-4-19(24)5-7-22/h4-7,11,15,18,20H,8-10,12-14,16-17H2,1-3H3,(H2,25,26,27). The number of hydrogen-bond acceptors (Lipinski definition) is 4. The summed E-state index contributed by atoms with van der Waals surface area (Å²) in [5, 5.41) is 11.5. The van der Waals surface area contributed by atoms with E-state index in [1.807, 2.05) is 12.3 Å². The highest BCUT2D eigenvalue weighted by Gasteiger charge is 2.19. The molecule has 0 spiro atoms. The maximum atomic E-state index is 13.1. The summed E-state index contributed by atoms with van der Waals surface area (Å²) in [4.78, 5) is 6.83. The molecule has 1 saturated heterocycles. The molecule has 0 unspecified atom stereocenters. The molecular formula is C23H35FN6O. The summed E-state index contributed by atoms with van der Waals surface area (Å²) in [5.41, 5.74) is 1.82. The van der Waals surface area contributed by atoms with Crippen molar-refractivity contribution < 1.29 is 9.13 Å². The van der Waals surface area contributed by atoms with Crippen molar-refractivity contribution in [1.82, 2.24) is 25.3 Å². The molecule has 0 aliphatic carbocycles. The van der Waals surface area contributed by atoms with Crippen molar-refractivity contribution in [3.63, 3.8) is 0 Å². The Kier molecular flexibility index (Phi) is 8.85. The molecule has 0 bridgehead atoms. The maximum Gasteiger partial charge on any atom is 0.191 e. The monoisotopic (exact) mass is 430 g/mol. The highest BCUT2D eigenvalue weighted by Crippen LogP contribution is 2.11. The van der Waals surface area contributed by atoms with E-state index >= 15 is 0 Å². The number of ether oxygens (including phenoxy) is 1. The summed E-state index contributed by atoms with van der Waals surface area (Å²) < 4.78 is 20.5. The number of nitrogens with one attached hydrogen (secondary N) is 2. The van der Waals surface area contributed by atoms with Crippen molar-refractivity contribution in [3.8, 4) is 5.69 Å². The zero-order chi connectivity index (χ0) is 22.1. The van der Waals surface area contributed by atoms with Gasteiger partial charge in [-0.25, -0.2) is 9.07 Å². The second-order valence-corrected chi connectivity index (χ2v) is 8.16. The van der Waals surface area contributed by atoms with Crippen LogP contribution in [-0.4, -0.2) is 72.6 Å². The van der Waals surface area contributed by atoms with Gasteiger partial charge in [0.15, 0.2) is 5.96 Å². The Morgan fingerprint density at radius 1 is 1.23 bits per heavy atom. The average Bonchev–Trinajstić information content (AvgIpc) is 3.23. The van der Waals surface area contributed by atoms with Crippen molar-refractivity contribution in [2.24, 2.45) is 4.99 Å². The Labute approximate surface area is 184 Å². The van der Waals surface area contributed by atoms with Crippen molar-refractivity contribution in [2.75, 3.05) is 39.8 Å². The molecular weight excluding hydrogens is 395 g/mol. The van der Waals surface area contributed by atoms with Gasteiger partial charge in [0.2, 0.25) is 0 Å². The number of hydrogen-bond donors (Lipinski definition) is 2. The number of benzene rings is 1. The molecule has 3 rings (SSSR count). The number of nitrogens with zero attached hydrogens (tertiary/aromatic N) is 4. The van der Waals surface area contributed by atoms with Gasteiger partial charge in [0.25, 0.3) is 0 Å². The number of aromatic nitrogens is 2. The first kappa shape index (κ1) is 23.2. The van der Waals surface area contributed by atoms with Crippen LogP contribution in [0.2, 0.25) is 0 Å². The van der Waals surface area contributed by atoms with Crippen LogP contribution in [0.15, 0.2) is 41.5 Å². The minimum Gasteiger partial charge on any atom is -0.377 e. The molecule has 0 saturated carbocycles. The van der Waals surface area contributed by atoms with Gasteiger partial charge in [-0.3, -0.25) is 4.99 Å². The first-order valence-electron chi connectivity index (χ1n) is 11.1. The van der Waals surface area contributed by atoms with E-state index in [-0.39, 0.29) is 5.82 Å². The van der Waals surface area contributed by atoms with E-state index in [1.54, 1.807) is 23.9 Å². The molecule has 2 heterocycles. The van der Waals surface area contributed by atoms with E-state index in [0.717, 1.165) is 69.4 Å². The molecule has 0 atom stereocenters. The van der Waals surface area contributed by atoms with Gasteiger partial charge < -0.3 is 20.3 Å². The van der Waals surface area contributed by atoms with Crippen LogP contribution in [0.3, 0.4) is 0 Å². The Morgan fingerprint density at radius 3 is 2.65 bits per heavy atom. The molecule has 2 N–H and O–H groups in total. The van der Waals surface area contributed by atoms with Crippen molar-refractivity contribution >= 4 is 5.96 Å². The average molecular weight is 431 g/mol. The number of halogens is 1. The van der Waals surface area contributed by atoms with E-state index < -0.39 is 0 Å². The van der Waals surface area contributed by atoms with Gasteiger partial charge in [0.05, 0.1) is 24.1 Å². The topological polar surface area (TPSA) is 66.7 Å². The molecule has 170 valence electrons. The molecule has 0 radical (unpaired) electrons. The lowest BCUT2D eigenvalue weighted by Gasteiger charge is -2.33. The number of aliphatic imine (C=N–C) groups is 1. The Bertz CT molecular complexity index is 812. The van der Waals surface area contributed by atoms with Crippen LogP contribution in [0, 0.1) is 5.82 Å². The number of rotatable bonds is 9. The maximum absolute atomic E-state index is 13.1. The zero-order valence-electron chi connectivity index (χ0n) is 18.9. The molecule has 1 aliphatic rings. The predicted molar refractivity (Wildman–Crippen MR) is 122 cm³/mol. The van der Waals surface area contributed by atoms with Gasteiger partial charge in [-0.1, -0.05) is 0 Å². The van der Waals surface area contributed by atoms with Crippen LogP contribution in [0.5, 0.6) is 0 Å². The second kappa shape index (κ2) is 11.8. The van der Waals surface area contributed by atoms with Crippen LogP contribution in [0.25, 0.3) is 5.69 Å². The fraction of sp³-hybridized carbons (Fsp3) is 0.565. The summed E-state index contributed by atoms with van der Waals surface area (Å²) in [6, 6.07) is 8.75. The minimum atomic E-state index is -0.245. The lowest BCUT2D eigenvalue weighted by Crippen LogP contribution is -2.49. The molecule has 2 aromatic rings. The quantitative estimate of drug-likeness (QED) is 0.473. The third-order valence-electron chi connectivity index (χ3n) is 5.42. The smallest absolute Gasteiger partial charge is 0.191 e. The van der Waals surface area contributed by atoms with Gasteiger partial charge in [-0.05, 0) is 57.0 Å². The van der Waals surface area contributed by atoms with Crippen molar-refractivity contribution in [1.29, 1.82) is 0 Å². The van der Waals surface area contributed by atoms with Crippen molar-refractivity contribution in [3.05, 3.63) is 48.0 Å². The first-order valence-corrected chi connectivity index (χ1v) is 11.1. The fourth-order valence-corrected chi connectivity index (χ4v) is 3.65. The van der Waals surface area contributed by atoms with E-state index in [9.17, 15) is 4.39 Å². The number of piperidine rings is 1. The van der Waals surface area contributed by atoms with Crippen LogP contribution < -0.4 is 10.6 Å². The largest absolute Gasteiger partial charge is 0.377 e. The molecule has 1 aliphatic heterocycles. The van der Waals surface area contributed by atoms with Gasteiger partial charge in [-0.15, -0.1) is 0 Å². The van der Waals surface area contributed by atoms with Gasteiger partial charge in [0.1, 0.15) is 5.82 Å². The lowest BCUT2D eigenvalue weighted by molar-refractivity contribution is 0.0532. The van der Waals surface area contributed by atoms with E-state index in [4.69, 9.17) is 4.74 Å². The Morgan fingerprint density at radius 2 is 1.97 bits per heavy atom. The summed E-state index contributed by atoms with van der Waals surface area (Å²) in [6.07, 6.45) is 5.18.